The van der Waals surface area contributed by atoms with Gasteiger partial charge in [0, 0.05) is 11.1 Å². The summed E-state index contributed by atoms with van der Waals surface area (Å²) in [5.41, 5.74) is 0.993. The Hall–Kier alpha value is -0.550. The zero-order chi connectivity index (χ0) is 9.84. The number of nitrogens with zero attached hydrogens (tertiary/aromatic N) is 1. The van der Waals surface area contributed by atoms with Gasteiger partial charge in [0.05, 0.1) is 11.8 Å². The van der Waals surface area contributed by atoms with Crippen LogP contribution in [0.5, 0.6) is 0 Å². The van der Waals surface area contributed by atoms with Crippen molar-refractivity contribution in [2.45, 2.75) is 19.9 Å². The summed E-state index contributed by atoms with van der Waals surface area (Å²) in [6, 6.07) is -0.0154. The standard InChI is InChI=1S/C8H12N2OS2/c1-5-4-13-8(9-5)6(2)10-7(11)3-12/h4,6,12H,3H2,1-2H3,(H,10,11). The molecule has 13 heavy (non-hydrogen) atoms. The highest BCUT2D eigenvalue weighted by molar-refractivity contribution is 7.81. The fraction of sp³-hybridized carbons (Fsp3) is 0.500. The zero-order valence-electron chi connectivity index (χ0n) is 7.57. The molecule has 72 valence electrons. The van der Waals surface area contributed by atoms with Crippen molar-refractivity contribution in [1.29, 1.82) is 0 Å². The Bertz CT molecular complexity index is 298. The predicted octanol–water partition coefficient (Wildman–Crippen LogP) is 1.56. The number of aromatic nitrogens is 1. The minimum absolute atomic E-state index is 0.0154. The number of hydrogen-bond acceptors (Lipinski definition) is 4. The molecule has 0 aliphatic rings. The van der Waals surface area contributed by atoms with Crippen molar-refractivity contribution in [3.63, 3.8) is 0 Å². The van der Waals surface area contributed by atoms with Gasteiger partial charge in [-0.25, -0.2) is 4.98 Å². The van der Waals surface area contributed by atoms with E-state index in [0.29, 0.717) is 0 Å². The Morgan fingerprint density at radius 2 is 2.54 bits per heavy atom. The Labute approximate surface area is 87.0 Å². The van der Waals surface area contributed by atoms with Crippen LogP contribution in [0.25, 0.3) is 0 Å². The summed E-state index contributed by atoms with van der Waals surface area (Å²) in [6.45, 7) is 3.85. The number of carbonyl (C=O) groups excluding carboxylic acids is 1. The molecule has 0 fully saturated rings. The van der Waals surface area contributed by atoms with Crippen molar-refractivity contribution in [1.82, 2.24) is 10.3 Å². The first kappa shape index (κ1) is 10.5. The minimum Gasteiger partial charge on any atom is -0.346 e. The van der Waals surface area contributed by atoms with Crippen molar-refractivity contribution in [3.05, 3.63) is 16.1 Å². The molecule has 1 unspecified atom stereocenters. The lowest BCUT2D eigenvalue weighted by Crippen LogP contribution is -2.27. The lowest BCUT2D eigenvalue weighted by atomic mass is 10.3. The number of thiazole rings is 1. The van der Waals surface area contributed by atoms with Gasteiger partial charge in [-0.1, -0.05) is 0 Å². The smallest absolute Gasteiger partial charge is 0.230 e. The van der Waals surface area contributed by atoms with E-state index in [0.717, 1.165) is 10.7 Å². The second-order valence-corrected chi connectivity index (χ2v) is 3.98. The summed E-state index contributed by atoms with van der Waals surface area (Å²) in [5, 5.41) is 5.70. The average molecular weight is 216 g/mol. The fourth-order valence-corrected chi connectivity index (χ4v) is 1.81. The minimum atomic E-state index is -0.0660. The molecule has 1 rings (SSSR count). The van der Waals surface area contributed by atoms with Gasteiger partial charge in [-0.3, -0.25) is 4.79 Å². The van der Waals surface area contributed by atoms with E-state index >= 15 is 0 Å². The topological polar surface area (TPSA) is 42.0 Å². The second-order valence-electron chi connectivity index (χ2n) is 2.77. The van der Waals surface area contributed by atoms with Crippen LogP contribution in [-0.4, -0.2) is 16.6 Å². The molecular weight excluding hydrogens is 204 g/mol. The van der Waals surface area contributed by atoms with Gasteiger partial charge in [0.15, 0.2) is 0 Å². The average Bonchev–Trinajstić information content (AvgIpc) is 2.51. The zero-order valence-corrected chi connectivity index (χ0v) is 9.28. The predicted molar refractivity (Wildman–Crippen MR) is 57.3 cm³/mol. The lowest BCUT2D eigenvalue weighted by molar-refractivity contribution is -0.119. The Morgan fingerprint density at radius 1 is 1.85 bits per heavy atom. The first-order valence-electron chi connectivity index (χ1n) is 3.95. The van der Waals surface area contributed by atoms with Gasteiger partial charge < -0.3 is 5.32 Å². The van der Waals surface area contributed by atoms with Crippen LogP contribution >= 0.6 is 24.0 Å². The van der Waals surface area contributed by atoms with Crippen LogP contribution in [0.3, 0.4) is 0 Å². The van der Waals surface area contributed by atoms with E-state index in [1.54, 1.807) is 11.3 Å². The number of amides is 1. The number of thiol groups is 1. The van der Waals surface area contributed by atoms with E-state index in [2.05, 4.69) is 22.9 Å². The van der Waals surface area contributed by atoms with Crippen molar-refractivity contribution in [2.75, 3.05) is 5.75 Å². The third kappa shape index (κ3) is 3.00. The summed E-state index contributed by atoms with van der Waals surface area (Å²) < 4.78 is 0. The summed E-state index contributed by atoms with van der Waals surface area (Å²) >= 11 is 5.44. The molecule has 1 aromatic rings. The molecule has 3 nitrogen and oxygen atoms in total. The molecule has 0 aromatic carbocycles. The SMILES string of the molecule is Cc1csc(C(C)NC(=O)CS)n1. The Balaban J connectivity index is 2.58. The number of rotatable bonds is 3. The molecule has 0 spiro atoms. The summed E-state index contributed by atoms with van der Waals surface area (Å²) in [6.07, 6.45) is 0. The van der Waals surface area contributed by atoms with Gasteiger partial charge in [0.1, 0.15) is 5.01 Å². The highest BCUT2D eigenvalue weighted by Gasteiger charge is 2.10. The highest BCUT2D eigenvalue weighted by Crippen LogP contribution is 2.16. The van der Waals surface area contributed by atoms with Crippen LogP contribution in [0.2, 0.25) is 0 Å². The molecule has 0 saturated heterocycles. The third-order valence-electron chi connectivity index (χ3n) is 1.53. The quantitative estimate of drug-likeness (QED) is 0.753. The maximum absolute atomic E-state index is 11.0. The van der Waals surface area contributed by atoms with E-state index in [1.165, 1.54) is 0 Å². The monoisotopic (exact) mass is 216 g/mol. The van der Waals surface area contributed by atoms with Gasteiger partial charge >= 0.3 is 0 Å². The van der Waals surface area contributed by atoms with Gasteiger partial charge in [0.2, 0.25) is 5.91 Å². The molecule has 1 aromatic heterocycles. The number of hydrogen-bond donors (Lipinski definition) is 2. The molecule has 0 radical (unpaired) electrons. The number of aryl methyl sites for hydroxylation is 1. The summed E-state index contributed by atoms with van der Waals surface area (Å²) in [4.78, 5) is 15.3. The maximum atomic E-state index is 11.0. The van der Waals surface area contributed by atoms with Crippen LogP contribution in [0.4, 0.5) is 0 Å². The summed E-state index contributed by atoms with van der Waals surface area (Å²) in [5.74, 6) is 0.151. The molecular formula is C8H12N2OS2. The highest BCUT2D eigenvalue weighted by atomic mass is 32.1. The van der Waals surface area contributed by atoms with Crippen molar-refractivity contribution in [2.24, 2.45) is 0 Å². The van der Waals surface area contributed by atoms with Crippen molar-refractivity contribution >= 4 is 29.9 Å². The largest absolute Gasteiger partial charge is 0.346 e. The first-order valence-corrected chi connectivity index (χ1v) is 5.47. The van der Waals surface area contributed by atoms with Crippen LogP contribution in [-0.2, 0) is 4.79 Å². The van der Waals surface area contributed by atoms with Crippen LogP contribution in [0.1, 0.15) is 23.7 Å². The Morgan fingerprint density at radius 3 is 3.00 bits per heavy atom. The van der Waals surface area contributed by atoms with Crippen LogP contribution in [0.15, 0.2) is 5.38 Å². The molecule has 1 heterocycles. The molecule has 0 saturated carbocycles. The first-order chi connectivity index (χ1) is 6.13. The van der Waals surface area contributed by atoms with E-state index in [4.69, 9.17) is 0 Å². The molecule has 5 heteroatoms. The van der Waals surface area contributed by atoms with Gasteiger partial charge in [-0.2, -0.15) is 12.6 Å². The van der Waals surface area contributed by atoms with Crippen molar-refractivity contribution < 1.29 is 4.79 Å². The molecule has 0 aliphatic carbocycles. The molecule has 1 amide bonds. The maximum Gasteiger partial charge on any atom is 0.230 e. The fourth-order valence-electron chi connectivity index (χ4n) is 0.920. The Kier molecular flexibility index (Phi) is 3.74. The number of nitrogens with one attached hydrogen (secondary N) is 1. The van der Waals surface area contributed by atoms with Gasteiger partial charge in [-0.15, -0.1) is 11.3 Å². The molecule has 1 N–H and O–H groups in total. The van der Waals surface area contributed by atoms with Crippen LogP contribution < -0.4 is 5.32 Å². The normalized spacial score (nSPS) is 12.5. The van der Waals surface area contributed by atoms with E-state index < -0.39 is 0 Å². The third-order valence-corrected chi connectivity index (χ3v) is 2.96. The van der Waals surface area contributed by atoms with E-state index in [9.17, 15) is 4.79 Å². The number of carbonyl (C=O) groups is 1. The lowest BCUT2D eigenvalue weighted by Gasteiger charge is -2.09. The van der Waals surface area contributed by atoms with Gasteiger partial charge in [0.25, 0.3) is 0 Å². The van der Waals surface area contributed by atoms with Gasteiger partial charge in [-0.05, 0) is 13.8 Å². The second kappa shape index (κ2) is 4.62. The summed E-state index contributed by atoms with van der Waals surface area (Å²) in [7, 11) is 0. The molecule has 0 aliphatic heterocycles. The van der Waals surface area contributed by atoms with E-state index in [1.807, 2.05) is 19.2 Å². The van der Waals surface area contributed by atoms with E-state index in [-0.39, 0.29) is 17.7 Å². The van der Waals surface area contributed by atoms with Crippen molar-refractivity contribution in [3.8, 4) is 0 Å². The molecule has 0 bridgehead atoms. The van der Waals surface area contributed by atoms with Crippen LogP contribution in [0, 0.1) is 6.92 Å². The molecule has 1 atom stereocenters.